The number of nitrogens with two attached hydrogens (primary N) is 1. The van der Waals surface area contributed by atoms with Crippen LogP contribution in [-0.2, 0) is 4.79 Å². The molecule has 12 heavy (non-hydrogen) atoms. The molecule has 2 amide bonds. The minimum absolute atomic E-state index is 0.116. The van der Waals surface area contributed by atoms with Crippen LogP contribution < -0.4 is 11.1 Å². The average molecular weight is 176 g/mol. The summed E-state index contributed by atoms with van der Waals surface area (Å²) in [6.07, 6.45) is 0.678. The van der Waals surface area contributed by atoms with Crippen molar-refractivity contribution >= 4 is 12.0 Å². The highest BCUT2D eigenvalue weighted by Gasteiger charge is 2.23. The van der Waals surface area contributed by atoms with Crippen molar-refractivity contribution in [3.8, 4) is 0 Å². The number of hydrogen-bond acceptors (Lipinski definition) is 2. The number of carboxylic acids is 1. The van der Waals surface area contributed by atoms with Gasteiger partial charge in [0.05, 0.1) is 0 Å². The van der Waals surface area contributed by atoms with Crippen molar-refractivity contribution in [3.63, 3.8) is 0 Å². The summed E-state index contributed by atoms with van der Waals surface area (Å²) in [4.78, 5) is 20.9. The molecule has 0 bridgehead atoms. The van der Waals surface area contributed by atoms with E-state index in [0.29, 0.717) is 6.42 Å². The molecule has 0 radical (unpaired) electrons. The zero-order chi connectivity index (χ0) is 9.72. The van der Waals surface area contributed by atoms with E-state index in [2.05, 4.69) is 5.32 Å². The fourth-order valence-corrected chi connectivity index (χ4v) is 0.836. The lowest BCUT2D eigenvalue weighted by Crippen LogP contribution is -2.47. The van der Waals surface area contributed by atoms with Gasteiger partial charge in [0.2, 0.25) is 0 Å². The highest BCUT2D eigenvalue weighted by atomic mass is 16.4. The molecule has 70 valence electrons. The van der Waals surface area contributed by atoms with E-state index in [-0.39, 0.29) is 5.92 Å². The fraction of sp³-hybridized carbons (Fsp3) is 0.714. The summed E-state index contributed by atoms with van der Waals surface area (Å²) >= 11 is 0. The van der Waals surface area contributed by atoms with Gasteiger partial charge >= 0.3 is 12.0 Å². The Labute approximate surface area is 70.9 Å². The number of urea groups is 1. The molecule has 0 aromatic heterocycles. The summed E-state index contributed by atoms with van der Waals surface area (Å²) < 4.78 is 0. The fourth-order valence-electron chi connectivity index (χ4n) is 0.836. The van der Waals surface area contributed by atoms with Crippen molar-refractivity contribution in [2.75, 3.05) is 0 Å². The van der Waals surface area contributed by atoms with Gasteiger partial charge in [0, 0.05) is 0 Å². The number of carboxylic acid groups (broad SMARTS) is 1. The Balaban J connectivity index is 4.22. The third-order valence-corrected chi connectivity index (χ3v) is 1.78. The summed E-state index contributed by atoms with van der Waals surface area (Å²) in [6.45, 7) is 3.60. The van der Waals surface area contributed by atoms with Crippen LogP contribution in [0.1, 0.15) is 20.3 Å². The van der Waals surface area contributed by atoms with Gasteiger partial charge in [-0.15, -0.1) is 0 Å². The van der Waals surface area contributed by atoms with Crippen molar-refractivity contribution in [3.05, 3.63) is 0 Å². The summed E-state index contributed by atoms with van der Waals surface area (Å²) in [5, 5.41) is 10.8. The molecule has 5 heteroatoms. The lowest BCUT2D eigenvalue weighted by Gasteiger charge is -2.18. The lowest BCUT2D eigenvalue weighted by molar-refractivity contribution is -0.140. The summed E-state index contributed by atoms with van der Waals surface area (Å²) in [7, 11) is 0. The maximum atomic E-state index is 10.6. The van der Waals surface area contributed by atoms with E-state index in [9.17, 15) is 9.59 Å². The van der Waals surface area contributed by atoms with Crippen LogP contribution >= 0.6 is 0 Å². The van der Waals surface area contributed by atoms with Crippen LogP contribution in [0.15, 0.2) is 0 Å². The summed E-state index contributed by atoms with van der Waals surface area (Å²) in [5.74, 6) is -1.17. The highest BCUT2D eigenvalue weighted by molar-refractivity contribution is 5.81. The van der Waals surface area contributed by atoms with Gasteiger partial charge in [0.25, 0.3) is 0 Å². The molecule has 0 unspecified atom stereocenters. The minimum Gasteiger partial charge on any atom is -0.480 e. The summed E-state index contributed by atoms with van der Waals surface area (Å²) in [5.41, 5.74) is 4.81. The second-order valence-electron chi connectivity index (χ2n) is 2.71. The average Bonchev–Trinajstić information content (AvgIpc) is 1.98. The van der Waals surface area contributed by atoms with Crippen LogP contribution in [0.5, 0.6) is 0 Å². The van der Waals surface area contributed by atoms with Gasteiger partial charge < -0.3 is 16.2 Å². The van der Waals surface area contributed by atoms with Gasteiger partial charge in [-0.25, -0.2) is 9.59 Å². The number of hydrogen-bond donors (Lipinski definition) is 3. The van der Waals surface area contributed by atoms with Crippen molar-refractivity contribution in [2.24, 2.45) is 11.7 Å². The Bertz CT molecular complexity index is 181. The van der Waals surface area contributed by atoms with Crippen molar-refractivity contribution in [1.82, 2.24) is 5.32 Å². The van der Waals surface area contributed by atoms with E-state index in [1.165, 1.54) is 0 Å². The van der Waals surface area contributed by atoms with Crippen LogP contribution in [0.25, 0.3) is 0 Å². The molecule has 0 aromatic rings. The van der Waals surface area contributed by atoms with E-state index in [1.807, 2.05) is 6.92 Å². The predicted octanol–water partition coefficient (Wildman–Crippen LogP) is 0.154. The molecule has 0 saturated heterocycles. The lowest BCUT2D eigenvalue weighted by atomic mass is 10.0. The first-order valence-corrected chi connectivity index (χ1v) is 3.77. The Kier molecular flexibility index (Phi) is 4.10. The van der Waals surface area contributed by atoms with Crippen LogP contribution in [0.3, 0.4) is 0 Å². The molecule has 0 fully saturated rings. The van der Waals surface area contributed by atoms with Crippen LogP contribution in [0.4, 0.5) is 4.79 Å². The third-order valence-electron chi connectivity index (χ3n) is 1.78. The maximum Gasteiger partial charge on any atom is 0.326 e. The van der Waals surface area contributed by atoms with Gasteiger partial charge in [0.1, 0.15) is 6.04 Å². The molecule has 0 heterocycles. The van der Waals surface area contributed by atoms with Crippen molar-refractivity contribution in [1.29, 1.82) is 0 Å². The number of aliphatic carboxylic acids is 1. The number of amides is 2. The molecular weight excluding hydrogens is 162 g/mol. The van der Waals surface area contributed by atoms with Crippen molar-refractivity contribution < 1.29 is 14.7 Å². The molecule has 0 aliphatic rings. The number of nitrogens with one attached hydrogen (secondary N) is 1. The molecule has 0 saturated carbocycles. The van der Waals surface area contributed by atoms with E-state index >= 15 is 0 Å². The Hall–Kier alpha value is -1.26. The van der Waals surface area contributed by atoms with Gasteiger partial charge in [-0.2, -0.15) is 0 Å². The maximum absolute atomic E-state index is 10.6. The SMILES string of the molecule is CC[C@H](C)[C@H](N[14C](N)=O)C(=O)O. The zero-order valence-corrected chi connectivity index (χ0v) is 7.20. The molecule has 4 N–H and O–H groups in total. The van der Waals surface area contributed by atoms with Gasteiger partial charge in [0.15, 0.2) is 0 Å². The Morgan fingerprint density at radius 1 is 1.75 bits per heavy atom. The van der Waals surface area contributed by atoms with Gasteiger partial charge in [-0.1, -0.05) is 20.3 Å². The molecule has 2 atom stereocenters. The summed E-state index contributed by atoms with van der Waals surface area (Å²) in [6, 6.07) is -1.68. The molecule has 0 spiro atoms. The number of rotatable bonds is 4. The first kappa shape index (κ1) is 10.7. The van der Waals surface area contributed by atoms with Crippen LogP contribution in [-0.4, -0.2) is 23.1 Å². The first-order chi connectivity index (χ1) is 5.49. The van der Waals surface area contributed by atoms with Crippen LogP contribution in [0.2, 0.25) is 0 Å². The Morgan fingerprint density at radius 3 is 2.50 bits per heavy atom. The number of carbonyl (C=O) groups is 2. The molecule has 0 aliphatic carbocycles. The molecule has 0 rings (SSSR count). The molecule has 5 nitrogen and oxygen atoms in total. The smallest absolute Gasteiger partial charge is 0.326 e. The predicted molar refractivity (Wildman–Crippen MR) is 43.6 cm³/mol. The monoisotopic (exact) mass is 176 g/mol. The Morgan fingerprint density at radius 2 is 2.25 bits per heavy atom. The molecule has 0 aromatic carbocycles. The van der Waals surface area contributed by atoms with Gasteiger partial charge in [-0.05, 0) is 5.92 Å². The third kappa shape index (κ3) is 3.23. The normalized spacial score (nSPS) is 14.8. The second-order valence-corrected chi connectivity index (χ2v) is 2.71. The van der Waals surface area contributed by atoms with Crippen molar-refractivity contribution in [2.45, 2.75) is 26.3 Å². The highest BCUT2D eigenvalue weighted by Crippen LogP contribution is 2.07. The quantitative estimate of drug-likeness (QED) is 0.569. The topological polar surface area (TPSA) is 92.4 Å². The second kappa shape index (κ2) is 4.58. The zero-order valence-electron chi connectivity index (χ0n) is 7.20. The van der Waals surface area contributed by atoms with E-state index in [0.717, 1.165) is 0 Å². The van der Waals surface area contributed by atoms with E-state index in [1.54, 1.807) is 6.92 Å². The number of primary amides is 1. The molecule has 0 aliphatic heterocycles. The molecular formula is C7H14N2O3. The van der Waals surface area contributed by atoms with E-state index < -0.39 is 18.0 Å². The number of carbonyl (C=O) groups excluding carboxylic acids is 1. The van der Waals surface area contributed by atoms with Gasteiger partial charge in [-0.3, -0.25) is 0 Å². The minimum atomic E-state index is -1.05. The first-order valence-electron chi connectivity index (χ1n) is 3.77. The van der Waals surface area contributed by atoms with Crippen LogP contribution in [0, 0.1) is 5.92 Å². The largest absolute Gasteiger partial charge is 0.480 e. The standard InChI is InChI=1S/C7H14N2O3/c1-3-4(2)5(6(10)11)9-7(8)12/h4-5H,3H2,1-2H3,(H,10,11)(H3,8,9,12)/t4-,5-/m0/s1/i7+2. The van der Waals surface area contributed by atoms with E-state index in [4.69, 9.17) is 10.8 Å².